The summed E-state index contributed by atoms with van der Waals surface area (Å²) in [6.07, 6.45) is 1.63. The Hall–Kier alpha value is -2.60. The molecule has 0 atom stereocenters. The fraction of sp³-hybridized carbons (Fsp3) is 0.150. The molecule has 0 aliphatic carbocycles. The molecule has 3 rings (SSSR count). The summed E-state index contributed by atoms with van der Waals surface area (Å²) in [4.78, 5) is 11.9. The van der Waals surface area contributed by atoms with Crippen LogP contribution in [0.3, 0.4) is 0 Å². The van der Waals surface area contributed by atoms with Crippen LogP contribution in [-0.2, 0) is 11.2 Å². The Morgan fingerprint density at radius 2 is 1.92 bits per heavy atom. The summed E-state index contributed by atoms with van der Waals surface area (Å²) in [5.41, 5.74) is 1.08. The summed E-state index contributed by atoms with van der Waals surface area (Å²) in [6.45, 7) is 1.69. The molecule has 0 aromatic heterocycles. The predicted octanol–water partition coefficient (Wildman–Crippen LogP) is 5.57. The highest BCUT2D eigenvalue weighted by molar-refractivity contribution is 7.98. The molecule has 0 amide bonds. The molecule has 0 unspecified atom stereocenters. The smallest absolute Gasteiger partial charge is 0.307 e. The van der Waals surface area contributed by atoms with Gasteiger partial charge in [0.25, 0.3) is 0 Å². The standard InChI is InChI=1S/C20H16F2O3S/c1-11-13(8-19(23)24)7-12-3-4-14(21)9-16(12)20(11)25-18-6-5-15(26-2)10-17(18)22/h3-7,9-10H,8H2,1-2H3,(H,23,24). The number of halogens is 2. The molecule has 0 bridgehead atoms. The molecule has 0 aliphatic heterocycles. The SMILES string of the molecule is CSc1ccc(Oc2c(C)c(CC(=O)O)cc3ccc(F)cc23)c(F)c1. The molecule has 6 heteroatoms. The van der Waals surface area contributed by atoms with E-state index in [1.54, 1.807) is 25.1 Å². The van der Waals surface area contributed by atoms with Crippen LogP contribution in [0, 0.1) is 18.6 Å². The predicted molar refractivity (Wildman–Crippen MR) is 98.2 cm³/mol. The number of fused-ring (bicyclic) bond motifs is 1. The lowest BCUT2D eigenvalue weighted by Crippen LogP contribution is -2.04. The number of rotatable bonds is 5. The third-order valence-electron chi connectivity index (χ3n) is 4.10. The van der Waals surface area contributed by atoms with Crippen LogP contribution in [0.1, 0.15) is 11.1 Å². The van der Waals surface area contributed by atoms with Gasteiger partial charge in [0, 0.05) is 10.3 Å². The third-order valence-corrected chi connectivity index (χ3v) is 4.83. The van der Waals surface area contributed by atoms with Crippen LogP contribution in [0.2, 0.25) is 0 Å². The molecule has 0 saturated heterocycles. The molecule has 3 aromatic rings. The van der Waals surface area contributed by atoms with Crippen molar-refractivity contribution >= 4 is 28.5 Å². The van der Waals surface area contributed by atoms with Crippen LogP contribution in [0.25, 0.3) is 10.8 Å². The quantitative estimate of drug-likeness (QED) is 0.593. The van der Waals surface area contributed by atoms with Crippen LogP contribution in [0.4, 0.5) is 8.78 Å². The van der Waals surface area contributed by atoms with Gasteiger partial charge in [0.05, 0.1) is 6.42 Å². The van der Waals surface area contributed by atoms with Crippen molar-refractivity contribution in [3.63, 3.8) is 0 Å². The van der Waals surface area contributed by atoms with Gasteiger partial charge in [-0.25, -0.2) is 8.78 Å². The molecule has 3 nitrogen and oxygen atoms in total. The van der Waals surface area contributed by atoms with Crippen LogP contribution in [-0.4, -0.2) is 17.3 Å². The lowest BCUT2D eigenvalue weighted by atomic mass is 9.98. The van der Waals surface area contributed by atoms with Crippen LogP contribution >= 0.6 is 11.8 Å². The van der Waals surface area contributed by atoms with Gasteiger partial charge in [-0.1, -0.05) is 12.1 Å². The minimum Gasteiger partial charge on any atom is -0.481 e. The van der Waals surface area contributed by atoms with Crippen LogP contribution in [0.15, 0.2) is 47.4 Å². The average molecular weight is 374 g/mol. The maximum atomic E-state index is 14.3. The van der Waals surface area contributed by atoms with Gasteiger partial charge in [-0.15, -0.1) is 11.8 Å². The minimum atomic E-state index is -0.990. The van der Waals surface area contributed by atoms with Crippen molar-refractivity contribution in [2.24, 2.45) is 0 Å². The van der Waals surface area contributed by atoms with Crippen LogP contribution < -0.4 is 4.74 Å². The molecule has 0 saturated carbocycles. The van der Waals surface area contributed by atoms with E-state index in [-0.39, 0.29) is 17.9 Å². The molecule has 0 fully saturated rings. The van der Waals surface area contributed by atoms with E-state index in [0.29, 0.717) is 21.9 Å². The summed E-state index contributed by atoms with van der Waals surface area (Å²) in [5, 5.41) is 10.2. The van der Waals surface area contributed by atoms with E-state index in [1.807, 2.05) is 6.26 Å². The van der Waals surface area contributed by atoms with Gasteiger partial charge in [0.15, 0.2) is 11.6 Å². The van der Waals surface area contributed by atoms with E-state index in [4.69, 9.17) is 9.84 Å². The first-order chi connectivity index (χ1) is 12.4. The monoisotopic (exact) mass is 374 g/mol. The van der Waals surface area contributed by atoms with Crippen LogP contribution in [0.5, 0.6) is 11.5 Å². The van der Waals surface area contributed by atoms with Gasteiger partial charge in [-0.3, -0.25) is 4.79 Å². The van der Waals surface area contributed by atoms with Crippen molar-refractivity contribution in [1.29, 1.82) is 0 Å². The zero-order chi connectivity index (χ0) is 18.8. The highest BCUT2D eigenvalue weighted by Crippen LogP contribution is 2.37. The highest BCUT2D eigenvalue weighted by Gasteiger charge is 2.16. The normalized spacial score (nSPS) is 10.9. The number of hydrogen-bond acceptors (Lipinski definition) is 3. The Labute approximate surface area is 153 Å². The Balaban J connectivity index is 2.17. The Morgan fingerprint density at radius 1 is 1.15 bits per heavy atom. The molecular formula is C20H16F2O3S. The highest BCUT2D eigenvalue weighted by atomic mass is 32.2. The topological polar surface area (TPSA) is 46.5 Å². The lowest BCUT2D eigenvalue weighted by molar-refractivity contribution is -0.136. The molecule has 0 radical (unpaired) electrons. The number of thioether (sulfide) groups is 1. The fourth-order valence-corrected chi connectivity index (χ4v) is 3.20. The summed E-state index contributed by atoms with van der Waals surface area (Å²) in [7, 11) is 0. The second-order valence-electron chi connectivity index (χ2n) is 5.82. The summed E-state index contributed by atoms with van der Waals surface area (Å²) < 4.78 is 33.9. The van der Waals surface area contributed by atoms with Crippen molar-refractivity contribution in [3.05, 3.63) is 65.2 Å². The molecule has 0 spiro atoms. The number of ether oxygens (including phenoxy) is 1. The molecule has 3 aromatic carbocycles. The number of hydrogen-bond donors (Lipinski definition) is 1. The Kier molecular flexibility index (Phi) is 5.13. The number of carbonyl (C=O) groups is 1. The lowest BCUT2D eigenvalue weighted by Gasteiger charge is -2.16. The van der Waals surface area contributed by atoms with Crippen molar-refractivity contribution < 1.29 is 23.4 Å². The zero-order valence-corrected chi connectivity index (χ0v) is 15.0. The first-order valence-electron chi connectivity index (χ1n) is 7.84. The van der Waals surface area contributed by atoms with Gasteiger partial charge >= 0.3 is 5.97 Å². The first kappa shape index (κ1) is 18.2. The van der Waals surface area contributed by atoms with E-state index < -0.39 is 17.6 Å². The van der Waals surface area contributed by atoms with Gasteiger partial charge in [0.1, 0.15) is 11.6 Å². The fourth-order valence-electron chi connectivity index (χ4n) is 2.77. The molecule has 1 N–H and O–H groups in total. The van der Waals surface area contributed by atoms with Gasteiger partial charge < -0.3 is 9.84 Å². The van der Waals surface area contributed by atoms with Crippen molar-refractivity contribution in [2.75, 3.05) is 6.26 Å². The molecular weight excluding hydrogens is 358 g/mol. The number of carboxylic acids is 1. The van der Waals surface area contributed by atoms with E-state index in [0.717, 1.165) is 4.90 Å². The minimum absolute atomic E-state index is 0.00364. The average Bonchev–Trinajstić information content (AvgIpc) is 2.60. The number of benzene rings is 3. The molecule has 26 heavy (non-hydrogen) atoms. The number of aliphatic carboxylic acids is 1. The second kappa shape index (κ2) is 7.33. The van der Waals surface area contributed by atoms with Gasteiger partial charge in [0.2, 0.25) is 0 Å². The van der Waals surface area contributed by atoms with E-state index >= 15 is 0 Å². The van der Waals surface area contributed by atoms with E-state index in [1.165, 1.54) is 36.0 Å². The molecule has 0 heterocycles. The second-order valence-corrected chi connectivity index (χ2v) is 6.70. The van der Waals surface area contributed by atoms with Crippen molar-refractivity contribution in [1.82, 2.24) is 0 Å². The zero-order valence-electron chi connectivity index (χ0n) is 14.2. The Morgan fingerprint density at radius 3 is 2.58 bits per heavy atom. The largest absolute Gasteiger partial charge is 0.481 e. The molecule has 0 aliphatic rings. The van der Waals surface area contributed by atoms with Crippen molar-refractivity contribution in [2.45, 2.75) is 18.2 Å². The van der Waals surface area contributed by atoms with Gasteiger partial charge in [-0.05, 0) is 60.0 Å². The maximum absolute atomic E-state index is 14.3. The third kappa shape index (κ3) is 3.65. The summed E-state index contributed by atoms with van der Waals surface area (Å²) in [5.74, 6) is -1.72. The van der Waals surface area contributed by atoms with E-state index in [9.17, 15) is 13.6 Å². The van der Waals surface area contributed by atoms with Gasteiger partial charge in [-0.2, -0.15) is 0 Å². The Bertz CT molecular complexity index is 1000. The number of carboxylic acid groups (broad SMARTS) is 1. The maximum Gasteiger partial charge on any atom is 0.307 e. The summed E-state index contributed by atoms with van der Waals surface area (Å²) >= 11 is 1.40. The molecule has 134 valence electrons. The summed E-state index contributed by atoms with van der Waals surface area (Å²) in [6, 6.07) is 10.4. The van der Waals surface area contributed by atoms with E-state index in [2.05, 4.69) is 0 Å². The van der Waals surface area contributed by atoms with Crippen molar-refractivity contribution in [3.8, 4) is 11.5 Å². The first-order valence-corrected chi connectivity index (χ1v) is 9.06.